The van der Waals surface area contributed by atoms with E-state index in [2.05, 4.69) is 5.32 Å². The Morgan fingerprint density at radius 3 is 1.93 bits per heavy atom. The minimum absolute atomic E-state index is 0.282. The predicted molar refractivity (Wildman–Crippen MR) is 177 cm³/mol. The molecule has 0 aliphatic heterocycles. The monoisotopic (exact) mass is 695 g/mol. The molecule has 1 aromatic heterocycles. The van der Waals surface area contributed by atoms with Crippen molar-refractivity contribution in [3.63, 3.8) is 0 Å². The molecule has 0 saturated heterocycles. The summed E-state index contributed by atoms with van der Waals surface area (Å²) in [4.78, 5) is 38.9. The summed E-state index contributed by atoms with van der Waals surface area (Å²) in [5, 5.41) is 5.21. The number of rotatable bonds is 13. The van der Waals surface area contributed by atoms with Crippen molar-refractivity contribution in [2.45, 2.75) is 47.2 Å². The highest BCUT2D eigenvalue weighted by molar-refractivity contribution is 7.55. The van der Waals surface area contributed by atoms with E-state index in [0.29, 0.717) is 27.5 Å². The summed E-state index contributed by atoms with van der Waals surface area (Å²) in [6, 6.07) is 10.2. The smallest absolute Gasteiger partial charge is 0.353 e. The summed E-state index contributed by atoms with van der Waals surface area (Å²) < 4.78 is 47.7. The van der Waals surface area contributed by atoms with E-state index in [0.717, 1.165) is 4.70 Å². The number of halogens is 1. The molecule has 1 heterocycles. The summed E-state index contributed by atoms with van der Waals surface area (Å²) in [5.74, 6) is -0.984. The highest BCUT2D eigenvalue weighted by Gasteiger charge is 2.45. The number of hydrogen-bond donors (Lipinski definition) is 1. The molecule has 46 heavy (non-hydrogen) atoms. The van der Waals surface area contributed by atoms with Gasteiger partial charge in [0.1, 0.15) is 11.5 Å². The topological polar surface area (TPSA) is 136 Å². The zero-order valence-corrected chi connectivity index (χ0v) is 29.5. The Labute approximate surface area is 277 Å². The molecule has 0 saturated carbocycles. The van der Waals surface area contributed by atoms with Crippen LogP contribution in [-0.4, -0.2) is 45.7 Å². The van der Waals surface area contributed by atoms with E-state index in [-0.39, 0.29) is 5.56 Å². The van der Waals surface area contributed by atoms with E-state index in [1.165, 1.54) is 31.8 Å². The van der Waals surface area contributed by atoms with Gasteiger partial charge >= 0.3 is 19.5 Å². The second-order valence-electron chi connectivity index (χ2n) is 12.1. The number of esters is 2. The third-order valence-electron chi connectivity index (χ3n) is 6.37. The van der Waals surface area contributed by atoms with Crippen LogP contribution in [0.25, 0.3) is 16.2 Å². The molecule has 11 nitrogen and oxygen atoms in total. The van der Waals surface area contributed by atoms with E-state index in [4.69, 9.17) is 39.6 Å². The van der Waals surface area contributed by atoms with Gasteiger partial charge in [-0.05, 0) is 99.8 Å². The van der Waals surface area contributed by atoms with Gasteiger partial charge in [0, 0.05) is 22.0 Å². The summed E-state index contributed by atoms with van der Waals surface area (Å²) in [6.45, 7) is 8.23. The number of benzene rings is 2. The van der Waals surface area contributed by atoms with Crippen molar-refractivity contribution in [3.8, 4) is 11.5 Å². The van der Waals surface area contributed by atoms with Gasteiger partial charge in [0.15, 0.2) is 5.66 Å². The van der Waals surface area contributed by atoms with Crippen molar-refractivity contribution in [2.24, 2.45) is 10.8 Å². The number of methoxy groups -OCH3 is 2. The number of hydrogen-bond acceptors (Lipinski definition) is 11. The molecule has 3 aromatic rings. The molecule has 250 valence electrons. The largest absolute Gasteiger partial charge is 0.497 e. The Hall–Kier alpha value is -3.41. The van der Waals surface area contributed by atoms with Gasteiger partial charge in [0.25, 0.3) is 0 Å². The van der Waals surface area contributed by atoms with E-state index in [9.17, 15) is 18.9 Å². The summed E-state index contributed by atoms with van der Waals surface area (Å²) in [6.07, 6.45) is 2.94. The normalized spacial score (nSPS) is 13.0. The third kappa shape index (κ3) is 9.80. The van der Waals surface area contributed by atoms with Crippen molar-refractivity contribution < 1.29 is 46.9 Å². The quantitative estimate of drug-likeness (QED) is 0.108. The minimum atomic E-state index is -4.63. The van der Waals surface area contributed by atoms with Gasteiger partial charge in [-0.2, -0.15) is 0 Å². The van der Waals surface area contributed by atoms with Gasteiger partial charge in [-0.25, -0.2) is 0 Å². The first-order chi connectivity index (χ1) is 21.5. The van der Waals surface area contributed by atoms with Gasteiger partial charge in [0.2, 0.25) is 19.5 Å². The average molecular weight is 696 g/mol. The fourth-order valence-corrected chi connectivity index (χ4v) is 6.77. The van der Waals surface area contributed by atoms with Gasteiger partial charge in [-0.15, -0.1) is 11.3 Å². The van der Waals surface area contributed by atoms with Crippen molar-refractivity contribution in [3.05, 3.63) is 64.1 Å². The van der Waals surface area contributed by atoms with Crippen molar-refractivity contribution in [1.29, 1.82) is 0 Å². The Morgan fingerprint density at radius 1 is 0.891 bits per heavy atom. The molecular weight excluding hydrogens is 657 g/mol. The number of carbonyl (C=O) groups is 3. The SMILES string of the molecule is COc1cc(C=CNC(=O)C(c2csc3ccc(Cl)cc23)P(=O)(OCOC(=O)C(C)(C)C)OCOC(=O)C(C)(C)C)cc(OC)c1. The Bertz CT molecular complexity index is 1580. The maximum atomic E-state index is 14.7. The lowest BCUT2D eigenvalue weighted by atomic mass is 9.98. The average Bonchev–Trinajstić information content (AvgIpc) is 3.38. The molecule has 2 aromatic carbocycles. The predicted octanol–water partition coefficient (Wildman–Crippen LogP) is 7.72. The summed E-state index contributed by atoms with van der Waals surface area (Å²) in [7, 11) is -1.60. The third-order valence-corrected chi connectivity index (χ3v) is 9.66. The van der Waals surface area contributed by atoms with E-state index < -0.39 is 55.5 Å². The number of nitrogens with one attached hydrogen (secondary N) is 1. The zero-order valence-electron chi connectivity index (χ0n) is 27.0. The number of carbonyl (C=O) groups excluding carboxylic acids is 3. The summed E-state index contributed by atoms with van der Waals surface area (Å²) >= 11 is 7.59. The highest BCUT2D eigenvalue weighted by Crippen LogP contribution is 2.62. The Kier molecular flexibility index (Phi) is 12.4. The van der Waals surface area contributed by atoms with Crippen LogP contribution < -0.4 is 14.8 Å². The molecule has 0 radical (unpaired) electrons. The van der Waals surface area contributed by atoms with Crippen LogP contribution in [0, 0.1) is 10.8 Å². The van der Waals surface area contributed by atoms with Gasteiger partial charge in [0.05, 0.1) is 25.0 Å². The van der Waals surface area contributed by atoms with Crippen LogP contribution in [0.3, 0.4) is 0 Å². The maximum Gasteiger partial charge on any atom is 0.353 e. The maximum absolute atomic E-state index is 14.7. The molecular formula is C32H39ClNO10PS. The number of ether oxygens (including phenoxy) is 4. The molecule has 1 atom stereocenters. The Balaban J connectivity index is 2.04. The molecule has 0 fully saturated rings. The molecule has 0 bridgehead atoms. The molecule has 14 heteroatoms. The lowest BCUT2D eigenvalue weighted by Crippen LogP contribution is -2.29. The van der Waals surface area contributed by atoms with E-state index in [1.54, 1.807) is 89.4 Å². The number of fused-ring (bicyclic) bond motifs is 1. The van der Waals surface area contributed by atoms with Gasteiger partial charge < -0.3 is 24.3 Å². The first kappa shape index (κ1) is 37.1. The Morgan fingerprint density at radius 2 is 1.43 bits per heavy atom. The molecule has 0 aliphatic carbocycles. The van der Waals surface area contributed by atoms with Crippen LogP contribution in [0.1, 0.15) is 58.3 Å². The minimum Gasteiger partial charge on any atom is -0.497 e. The lowest BCUT2D eigenvalue weighted by molar-refractivity contribution is -0.162. The number of thiophene rings is 1. The highest BCUT2D eigenvalue weighted by atomic mass is 35.5. The number of amides is 1. The van der Waals surface area contributed by atoms with Crippen LogP contribution in [-0.2, 0) is 37.5 Å². The molecule has 0 aliphatic rings. The van der Waals surface area contributed by atoms with Crippen LogP contribution in [0.15, 0.2) is 48.0 Å². The van der Waals surface area contributed by atoms with Crippen molar-refractivity contribution >= 4 is 64.5 Å². The van der Waals surface area contributed by atoms with E-state index in [1.807, 2.05) is 0 Å². The van der Waals surface area contributed by atoms with Gasteiger partial charge in [-0.3, -0.25) is 28.0 Å². The molecule has 0 spiro atoms. The fraction of sp³-hybridized carbons (Fsp3) is 0.406. The standard InChI is InChI=1S/C32H39ClNO10PS/c1-31(2,3)29(36)41-18-43-45(38,44-19-42-30(37)32(4,5)6)27(25-17-46-26-10-9-21(33)15-24(25)26)28(35)34-12-11-20-13-22(39-7)16-23(14-20)40-8/h9-17,27H,18-19H2,1-8H3,(H,34,35). The van der Waals surface area contributed by atoms with Crippen LogP contribution in [0.2, 0.25) is 5.02 Å². The lowest BCUT2D eigenvalue weighted by Gasteiger charge is -2.27. The fourth-order valence-electron chi connectivity index (χ4n) is 3.84. The van der Waals surface area contributed by atoms with Crippen molar-refractivity contribution in [2.75, 3.05) is 27.8 Å². The van der Waals surface area contributed by atoms with E-state index >= 15 is 0 Å². The second-order valence-corrected chi connectivity index (χ2v) is 15.6. The van der Waals surface area contributed by atoms with Crippen LogP contribution in [0.5, 0.6) is 11.5 Å². The second kappa shape index (κ2) is 15.5. The molecule has 1 N–H and O–H groups in total. The van der Waals surface area contributed by atoms with Crippen LogP contribution in [0.4, 0.5) is 0 Å². The summed E-state index contributed by atoms with van der Waals surface area (Å²) in [5.41, 5.74) is -2.46. The first-order valence-electron chi connectivity index (χ1n) is 14.1. The zero-order chi connectivity index (χ0) is 34.3. The first-order valence-corrected chi connectivity index (χ1v) is 17.0. The molecule has 3 rings (SSSR count). The van der Waals surface area contributed by atoms with Crippen molar-refractivity contribution in [1.82, 2.24) is 5.32 Å². The molecule has 1 unspecified atom stereocenters. The molecule has 1 amide bonds. The van der Waals surface area contributed by atoms with Gasteiger partial charge in [-0.1, -0.05) is 11.6 Å². The van der Waals surface area contributed by atoms with Crippen LogP contribution >= 0.6 is 30.5 Å².